The zero-order valence-corrected chi connectivity index (χ0v) is 14.7. The van der Waals surface area contributed by atoms with E-state index in [2.05, 4.69) is 10.4 Å². The monoisotopic (exact) mass is 353 g/mol. The minimum atomic E-state index is -0.270. The van der Waals surface area contributed by atoms with Gasteiger partial charge in [-0.3, -0.25) is 9.48 Å². The van der Waals surface area contributed by atoms with Crippen molar-refractivity contribution in [2.24, 2.45) is 0 Å². The van der Waals surface area contributed by atoms with Gasteiger partial charge in [0.15, 0.2) is 6.61 Å². The van der Waals surface area contributed by atoms with Gasteiger partial charge in [0.25, 0.3) is 5.91 Å². The number of aromatic nitrogens is 2. The molecule has 1 aromatic heterocycles. The molecule has 0 spiro atoms. The van der Waals surface area contributed by atoms with Gasteiger partial charge in [-0.25, -0.2) is 4.39 Å². The molecule has 5 nitrogen and oxygen atoms in total. The Kier molecular flexibility index (Phi) is 5.31. The number of aryl methyl sites for hydroxylation is 1. The molecular weight excluding hydrogens is 333 g/mol. The number of ether oxygens (including phenoxy) is 1. The molecule has 1 amide bonds. The summed E-state index contributed by atoms with van der Waals surface area (Å²) in [7, 11) is 0. The SMILES string of the molecule is Cc1nn(Cc2ccc(F)cc2)c(C)c1NC(=O)COc1ccccc1. The van der Waals surface area contributed by atoms with Crippen LogP contribution in [0.1, 0.15) is 17.0 Å². The lowest BCUT2D eigenvalue weighted by molar-refractivity contribution is -0.118. The molecule has 0 saturated carbocycles. The number of benzene rings is 2. The van der Waals surface area contributed by atoms with Crippen LogP contribution < -0.4 is 10.1 Å². The molecule has 0 saturated heterocycles. The van der Waals surface area contributed by atoms with Crippen LogP contribution in [0, 0.1) is 19.7 Å². The Morgan fingerprint density at radius 3 is 2.50 bits per heavy atom. The van der Waals surface area contributed by atoms with Crippen molar-refractivity contribution < 1.29 is 13.9 Å². The molecule has 3 rings (SSSR count). The van der Waals surface area contributed by atoms with E-state index in [4.69, 9.17) is 4.74 Å². The summed E-state index contributed by atoms with van der Waals surface area (Å²) in [5.74, 6) is 0.123. The van der Waals surface area contributed by atoms with Crippen molar-refractivity contribution in [2.45, 2.75) is 20.4 Å². The summed E-state index contributed by atoms with van der Waals surface area (Å²) >= 11 is 0. The summed E-state index contributed by atoms with van der Waals surface area (Å²) in [5.41, 5.74) is 3.16. The van der Waals surface area contributed by atoms with Gasteiger partial charge in [0, 0.05) is 0 Å². The number of carbonyl (C=O) groups excluding carboxylic acids is 1. The van der Waals surface area contributed by atoms with E-state index >= 15 is 0 Å². The summed E-state index contributed by atoms with van der Waals surface area (Å²) in [6, 6.07) is 15.5. The predicted molar refractivity (Wildman–Crippen MR) is 97.8 cm³/mol. The molecule has 0 fully saturated rings. The predicted octanol–water partition coefficient (Wildman–Crippen LogP) is 3.70. The highest BCUT2D eigenvalue weighted by molar-refractivity contribution is 5.93. The second kappa shape index (κ2) is 7.82. The van der Waals surface area contributed by atoms with Crippen LogP contribution in [0.2, 0.25) is 0 Å². The number of rotatable bonds is 6. The fourth-order valence-corrected chi connectivity index (χ4v) is 2.64. The van der Waals surface area contributed by atoms with Gasteiger partial charge in [-0.05, 0) is 43.7 Å². The van der Waals surface area contributed by atoms with E-state index in [9.17, 15) is 9.18 Å². The Hall–Kier alpha value is -3.15. The average Bonchev–Trinajstić information content (AvgIpc) is 2.90. The van der Waals surface area contributed by atoms with Gasteiger partial charge in [-0.15, -0.1) is 0 Å². The number of hydrogen-bond donors (Lipinski definition) is 1. The maximum absolute atomic E-state index is 13.0. The van der Waals surface area contributed by atoms with Gasteiger partial charge in [0.05, 0.1) is 23.6 Å². The number of nitrogens with zero attached hydrogens (tertiary/aromatic N) is 2. The van der Waals surface area contributed by atoms with E-state index in [1.54, 1.807) is 28.9 Å². The largest absolute Gasteiger partial charge is 0.484 e. The number of amides is 1. The minimum Gasteiger partial charge on any atom is -0.484 e. The van der Waals surface area contributed by atoms with E-state index in [0.29, 0.717) is 18.0 Å². The van der Waals surface area contributed by atoms with Crippen LogP contribution in [0.15, 0.2) is 54.6 Å². The van der Waals surface area contributed by atoms with E-state index < -0.39 is 0 Å². The van der Waals surface area contributed by atoms with Gasteiger partial charge in [-0.2, -0.15) is 5.10 Å². The molecule has 0 radical (unpaired) electrons. The number of anilines is 1. The van der Waals surface area contributed by atoms with Crippen molar-refractivity contribution in [3.63, 3.8) is 0 Å². The molecule has 6 heteroatoms. The van der Waals surface area contributed by atoms with E-state index in [0.717, 1.165) is 17.0 Å². The first-order valence-corrected chi connectivity index (χ1v) is 8.29. The molecule has 26 heavy (non-hydrogen) atoms. The van der Waals surface area contributed by atoms with Crippen LogP contribution in [0.5, 0.6) is 5.75 Å². The molecule has 1 heterocycles. The van der Waals surface area contributed by atoms with Crippen LogP contribution in [0.3, 0.4) is 0 Å². The lowest BCUT2D eigenvalue weighted by atomic mass is 10.2. The van der Waals surface area contributed by atoms with Crippen molar-refractivity contribution in [3.05, 3.63) is 77.4 Å². The van der Waals surface area contributed by atoms with Crippen LogP contribution in [0.4, 0.5) is 10.1 Å². The third kappa shape index (κ3) is 4.27. The number of para-hydroxylation sites is 1. The number of nitrogens with one attached hydrogen (secondary N) is 1. The number of halogens is 1. The molecule has 2 aromatic carbocycles. The van der Waals surface area contributed by atoms with Crippen LogP contribution in [-0.2, 0) is 11.3 Å². The fourth-order valence-electron chi connectivity index (χ4n) is 2.64. The zero-order valence-electron chi connectivity index (χ0n) is 14.7. The molecule has 0 atom stereocenters. The Morgan fingerprint density at radius 1 is 1.12 bits per heavy atom. The van der Waals surface area contributed by atoms with Gasteiger partial charge >= 0.3 is 0 Å². The maximum Gasteiger partial charge on any atom is 0.262 e. The number of carbonyl (C=O) groups is 1. The Labute approximate surface area is 151 Å². The first-order chi connectivity index (χ1) is 12.5. The summed E-state index contributed by atoms with van der Waals surface area (Å²) in [6.07, 6.45) is 0. The first kappa shape index (κ1) is 17.7. The molecule has 3 aromatic rings. The van der Waals surface area contributed by atoms with Gasteiger partial charge in [-0.1, -0.05) is 30.3 Å². The summed E-state index contributed by atoms with van der Waals surface area (Å²) < 4.78 is 20.3. The minimum absolute atomic E-state index is 0.0773. The van der Waals surface area contributed by atoms with Crippen molar-refractivity contribution >= 4 is 11.6 Å². The Morgan fingerprint density at radius 2 is 1.81 bits per heavy atom. The molecule has 0 bridgehead atoms. The highest BCUT2D eigenvalue weighted by Gasteiger charge is 2.15. The molecule has 0 aliphatic rings. The molecule has 0 unspecified atom stereocenters. The number of hydrogen-bond acceptors (Lipinski definition) is 3. The van der Waals surface area contributed by atoms with Crippen molar-refractivity contribution in [2.75, 3.05) is 11.9 Å². The molecule has 1 N–H and O–H groups in total. The summed E-state index contributed by atoms with van der Waals surface area (Å²) in [6.45, 7) is 4.15. The van der Waals surface area contributed by atoms with E-state index in [1.807, 2.05) is 32.0 Å². The molecule has 134 valence electrons. The fraction of sp³-hybridized carbons (Fsp3) is 0.200. The van der Waals surface area contributed by atoms with Crippen molar-refractivity contribution in [1.82, 2.24) is 9.78 Å². The Balaban J connectivity index is 1.65. The molecular formula is C20H20FN3O2. The normalized spacial score (nSPS) is 10.6. The van der Waals surface area contributed by atoms with Crippen molar-refractivity contribution in [3.8, 4) is 5.75 Å². The van der Waals surface area contributed by atoms with E-state index in [1.165, 1.54) is 12.1 Å². The second-order valence-electron chi connectivity index (χ2n) is 5.98. The van der Waals surface area contributed by atoms with E-state index in [-0.39, 0.29) is 18.3 Å². The average molecular weight is 353 g/mol. The second-order valence-corrected chi connectivity index (χ2v) is 5.98. The van der Waals surface area contributed by atoms with Crippen LogP contribution in [-0.4, -0.2) is 22.3 Å². The molecule has 0 aliphatic heterocycles. The van der Waals surface area contributed by atoms with Crippen LogP contribution >= 0.6 is 0 Å². The maximum atomic E-state index is 13.0. The quantitative estimate of drug-likeness (QED) is 0.735. The molecule has 0 aliphatic carbocycles. The Bertz CT molecular complexity index is 889. The van der Waals surface area contributed by atoms with Gasteiger partial charge < -0.3 is 10.1 Å². The lowest BCUT2D eigenvalue weighted by Gasteiger charge is -2.08. The summed E-state index contributed by atoms with van der Waals surface area (Å²) in [4.78, 5) is 12.2. The smallest absolute Gasteiger partial charge is 0.262 e. The zero-order chi connectivity index (χ0) is 18.5. The van der Waals surface area contributed by atoms with Crippen LogP contribution in [0.25, 0.3) is 0 Å². The topological polar surface area (TPSA) is 56.2 Å². The van der Waals surface area contributed by atoms with Gasteiger partial charge in [0.1, 0.15) is 11.6 Å². The van der Waals surface area contributed by atoms with Crippen molar-refractivity contribution in [1.29, 1.82) is 0 Å². The lowest BCUT2D eigenvalue weighted by Crippen LogP contribution is -2.21. The summed E-state index contributed by atoms with van der Waals surface area (Å²) in [5, 5.41) is 7.32. The third-order valence-corrected chi connectivity index (χ3v) is 4.00. The highest BCUT2D eigenvalue weighted by atomic mass is 19.1. The third-order valence-electron chi connectivity index (χ3n) is 4.00. The van der Waals surface area contributed by atoms with Gasteiger partial charge in [0.2, 0.25) is 0 Å². The first-order valence-electron chi connectivity index (χ1n) is 8.29. The highest BCUT2D eigenvalue weighted by Crippen LogP contribution is 2.20. The standard InChI is InChI=1S/C20H20FN3O2/c1-14-20(22-19(25)13-26-18-6-4-3-5-7-18)15(2)24(23-14)12-16-8-10-17(21)11-9-16/h3-11H,12-13H2,1-2H3,(H,22,25).